The summed E-state index contributed by atoms with van der Waals surface area (Å²) in [6.07, 6.45) is 2.21. The van der Waals surface area contributed by atoms with Crippen molar-refractivity contribution in [1.29, 1.82) is 0 Å². The fourth-order valence-electron chi connectivity index (χ4n) is 1.86. The van der Waals surface area contributed by atoms with E-state index in [1.165, 1.54) is 0 Å². The van der Waals surface area contributed by atoms with Crippen molar-refractivity contribution >= 4 is 5.97 Å². The first kappa shape index (κ1) is 14.4. The Hall–Kier alpha value is -0.650. The molecule has 1 heterocycles. The first-order chi connectivity index (χ1) is 8.16. The molecule has 0 aromatic carbocycles. The van der Waals surface area contributed by atoms with E-state index in [2.05, 4.69) is 12.2 Å². The molecule has 1 N–H and O–H groups in total. The number of ether oxygens (including phenoxy) is 3. The van der Waals surface area contributed by atoms with E-state index in [4.69, 9.17) is 14.2 Å². The molecular formula is C12H23NO4. The van der Waals surface area contributed by atoms with Gasteiger partial charge in [-0.3, -0.25) is 0 Å². The maximum atomic E-state index is 11.0. The van der Waals surface area contributed by atoms with E-state index in [0.717, 1.165) is 32.6 Å². The molecule has 0 bridgehead atoms. The number of hydrogen-bond acceptors (Lipinski definition) is 5. The highest BCUT2D eigenvalue weighted by Gasteiger charge is 2.26. The predicted octanol–water partition coefficient (Wildman–Crippen LogP) is 0.725. The molecule has 0 saturated carbocycles. The van der Waals surface area contributed by atoms with E-state index in [1.54, 1.807) is 6.92 Å². The summed E-state index contributed by atoms with van der Waals surface area (Å²) in [5.74, 6) is -0.306. The van der Waals surface area contributed by atoms with Gasteiger partial charge in [0.1, 0.15) is 6.61 Å². The van der Waals surface area contributed by atoms with Crippen molar-refractivity contribution in [3.05, 3.63) is 0 Å². The Balaban J connectivity index is 2.01. The van der Waals surface area contributed by atoms with Gasteiger partial charge in [-0.15, -0.1) is 0 Å². The third kappa shape index (κ3) is 6.00. The molecule has 0 aromatic heterocycles. The largest absolute Gasteiger partial charge is 0.464 e. The Morgan fingerprint density at radius 2 is 2.35 bits per heavy atom. The van der Waals surface area contributed by atoms with Gasteiger partial charge < -0.3 is 19.5 Å². The van der Waals surface area contributed by atoms with Gasteiger partial charge >= 0.3 is 5.97 Å². The van der Waals surface area contributed by atoms with Crippen LogP contribution in [0.15, 0.2) is 0 Å². The normalized spacial score (nSPS) is 24.6. The molecule has 1 rings (SSSR count). The molecular weight excluding hydrogens is 222 g/mol. The quantitative estimate of drug-likeness (QED) is 0.529. The average molecular weight is 245 g/mol. The van der Waals surface area contributed by atoms with Crippen molar-refractivity contribution in [3.8, 4) is 0 Å². The Kier molecular flexibility index (Phi) is 6.47. The minimum atomic E-state index is -0.306. The van der Waals surface area contributed by atoms with E-state index in [1.807, 2.05) is 0 Å². The fraction of sp³-hybridized carbons (Fsp3) is 0.917. The maximum absolute atomic E-state index is 11.0. The SMILES string of the molecule is CCOC(=O)COCCNC1(C)CCCOC1. The molecule has 5 nitrogen and oxygen atoms in total. The van der Waals surface area contributed by atoms with Crippen LogP contribution in [0.5, 0.6) is 0 Å². The number of carbonyl (C=O) groups is 1. The summed E-state index contributed by atoms with van der Waals surface area (Å²) in [7, 11) is 0. The predicted molar refractivity (Wildman–Crippen MR) is 63.9 cm³/mol. The van der Waals surface area contributed by atoms with Crippen LogP contribution in [0, 0.1) is 0 Å². The summed E-state index contributed by atoms with van der Waals surface area (Å²) in [6, 6.07) is 0. The van der Waals surface area contributed by atoms with Gasteiger partial charge in [0.05, 0.1) is 19.8 Å². The summed E-state index contributed by atoms with van der Waals surface area (Å²) in [4.78, 5) is 11.0. The standard InChI is InChI=1S/C12H23NO4/c1-3-17-11(14)9-15-8-6-13-12(2)5-4-7-16-10-12/h13H,3-10H2,1-2H3. The Morgan fingerprint density at radius 3 is 3.00 bits per heavy atom. The van der Waals surface area contributed by atoms with Gasteiger partial charge in [-0.2, -0.15) is 0 Å². The highest BCUT2D eigenvalue weighted by atomic mass is 16.6. The summed E-state index contributed by atoms with van der Waals surface area (Å²) < 4.78 is 15.4. The van der Waals surface area contributed by atoms with Crippen molar-refractivity contribution in [2.24, 2.45) is 0 Å². The second kappa shape index (κ2) is 7.63. The number of nitrogens with one attached hydrogen (secondary N) is 1. The van der Waals surface area contributed by atoms with Crippen LogP contribution in [0.3, 0.4) is 0 Å². The third-order valence-electron chi connectivity index (χ3n) is 2.76. The molecule has 1 aliphatic rings. The molecule has 0 spiro atoms. The van der Waals surface area contributed by atoms with Gasteiger partial charge in [-0.1, -0.05) is 0 Å². The van der Waals surface area contributed by atoms with Crippen LogP contribution < -0.4 is 5.32 Å². The zero-order valence-corrected chi connectivity index (χ0v) is 10.8. The lowest BCUT2D eigenvalue weighted by Gasteiger charge is -2.34. The molecule has 17 heavy (non-hydrogen) atoms. The molecule has 1 saturated heterocycles. The van der Waals surface area contributed by atoms with Gasteiger partial charge in [-0.25, -0.2) is 4.79 Å². The van der Waals surface area contributed by atoms with Crippen molar-refractivity contribution in [1.82, 2.24) is 5.32 Å². The molecule has 100 valence electrons. The molecule has 0 amide bonds. The van der Waals surface area contributed by atoms with Gasteiger partial charge in [-0.05, 0) is 26.7 Å². The summed E-state index contributed by atoms with van der Waals surface area (Å²) in [5.41, 5.74) is 0.0472. The molecule has 1 fully saturated rings. The lowest BCUT2D eigenvalue weighted by atomic mass is 9.95. The average Bonchev–Trinajstić information content (AvgIpc) is 2.30. The smallest absolute Gasteiger partial charge is 0.332 e. The van der Waals surface area contributed by atoms with E-state index in [0.29, 0.717) is 13.2 Å². The van der Waals surface area contributed by atoms with Crippen LogP contribution in [0.4, 0.5) is 0 Å². The summed E-state index contributed by atoms with van der Waals surface area (Å²) >= 11 is 0. The Morgan fingerprint density at radius 1 is 1.53 bits per heavy atom. The lowest BCUT2D eigenvalue weighted by Crippen LogP contribution is -2.50. The van der Waals surface area contributed by atoms with E-state index < -0.39 is 0 Å². The van der Waals surface area contributed by atoms with Gasteiger partial charge in [0.2, 0.25) is 0 Å². The second-order valence-electron chi connectivity index (χ2n) is 4.50. The van der Waals surface area contributed by atoms with Crippen molar-refractivity contribution in [2.45, 2.75) is 32.2 Å². The maximum Gasteiger partial charge on any atom is 0.332 e. The van der Waals surface area contributed by atoms with Crippen LogP contribution in [0.1, 0.15) is 26.7 Å². The number of hydrogen-bond donors (Lipinski definition) is 1. The van der Waals surface area contributed by atoms with Crippen molar-refractivity contribution in [2.75, 3.05) is 39.6 Å². The summed E-state index contributed by atoms with van der Waals surface area (Å²) in [5, 5.41) is 3.40. The molecule has 0 aromatic rings. The zero-order chi connectivity index (χ0) is 12.6. The highest BCUT2D eigenvalue weighted by Crippen LogP contribution is 2.17. The van der Waals surface area contributed by atoms with E-state index >= 15 is 0 Å². The van der Waals surface area contributed by atoms with E-state index in [9.17, 15) is 4.79 Å². The van der Waals surface area contributed by atoms with Crippen LogP contribution in [-0.4, -0.2) is 51.1 Å². The highest BCUT2D eigenvalue weighted by molar-refractivity contribution is 5.70. The van der Waals surface area contributed by atoms with Gasteiger partial charge in [0.25, 0.3) is 0 Å². The van der Waals surface area contributed by atoms with Crippen LogP contribution in [0.25, 0.3) is 0 Å². The zero-order valence-electron chi connectivity index (χ0n) is 10.8. The van der Waals surface area contributed by atoms with Crippen molar-refractivity contribution in [3.63, 3.8) is 0 Å². The van der Waals surface area contributed by atoms with Gasteiger partial charge in [0, 0.05) is 18.7 Å². The topological polar surface area (TPSA) is 56.8 Å². The molecule has 1 aliphatic heterocycles. The summed E-state index contributed by atoms with van der Waals surface area (Å²) in [6.45, 7) is 7.19. The van der Waals surface area contributed by atoms with Crippen molar-refractivity contribution < 1.29 is 19.0 Å². The minimum absolute atomic E-state index is 0.0305. The second-order valence-corrected chi connectivity index (χ2v) is 4.50. The molecule has 5 heteroatoms. The minimum Gasteiger partial charge on any atom is -0.464 e. The first-order valence-electron chi connectivity index (χ1n) is 6.22. The Bertz CT molecular complexity index is 227. The van der Waals surface area contributed by atoms with Crippen LogP contribution in [-0.2, 0) is 19.0 Å². The number of esters is 1. The number of rotatable bonds is 7. The third-order valence-corrected chi connectivity index (χ3v) is 2.76. The van der Waals surface area contributed by atoms with Gasteiger partial charge in [0.15, 0.2) is 0 Å². The molecule has 0 radical (unpaired) electrons. The van der Waals surface area contributed by atoms with Crippen LogP contribution in [0.2, 0.25) is 0 Å². The molecule has 1 atom stereocenters. The lowest BCUT2D eigenvalue weighted by molar-refractivity contribution is -0.148. The fourth-order valence-corrected chi connectivity index (χ4v) is 1.86. The van der Waals surface area contributed by atoms with Crippen LogP contribution >= 0.6 is 0 Å². The Labute approximate surface area is 103 Å². The monoisotopic (exact) mass is 245 g/mol. The van der Waals surface area contributed by atoms with E-state index in [-0.39, 0.29) is 18.1 Å². The molecule has 1 unspecified atom stereocenters. The first-order valence-corrected chi connectivity index (χ1v) is 6.22. The number of carbonyl (C=O) groups excluding carboxylic acids is 1. The molecule has 0 aliphatic carbocycles.